The zero-order chi connectivity index (χ0) is 15.7. The molecule has 0 radical (unpaired) electrons. The van der Waals surface area contributed by atoms with Crippen molar-refractivity contribution in [3.8, 4) is 0 Å². The molecule has 4 atom stereocenters. The van der Waals surface area contributed by atoms with Crippen molar-refractivity contribution in [2.45, 2.75) is 23.8 Å². The summed E-state index contributed by atoms with van der Waals surface area (Å²) in [6, 6.07) is 6.65. The maximum atomic E-state index is 12.3. The van der Waals surface area contributed by atoms with Crippen molar-refractivity contribution >= 4 is 21.6 Å². The summed E-state index contributed by atoms with van der Waals surface area (Å²) in [5.74, 6) is 1.26. The molecule has 2 N–H and O–H groups in total. The first-order valence-corrected chi connectivity index (χ1v) is 9.58. The van der Waals surface area contributed by atoms with Gasteiger partial charge in [0, 0.05) is 23.8 Å². The molecule has 120 valence electrons. The van der Waals surface area contributed by atoms with E-state index in [1.165, 1.54) is 11.3 Å². The molecule has 3 aliphatic heterocycles. The highest BCUT2D eigenvalue weighted by molar-refractivity contribution is 7.89. The molecule has 0 amide bonds. The normalized spacial score (nSPS) is 31.1. The maximum Gasteiger partial charge on any atom is 0.240 e. The number of quaternary nitrogens is 1. The van der Waals surface area contributed by atoms with Gasteiger partial charge in [-0.05, 0) is 30.2 Å². The Morgan fingerprint density at radius 1 is 1.36 bits per heavy atom. The summed E-state index contributed by atoms with van der Waals surface area (Å²) in [5, 5.41) is 0.537. The summed E-state index contributed by atoms with van der Waals surface area (Å²) < 4.78 is 27.4. The van der Waals surface area contributed by atoms with E-state index in [0.717, 1.165) is 19.5 Å². The fourth-order valence-corrected chi connectivity index (χ4v) is 4.97. The highest BCUT2D eigenvalue weighted by Gasteiger charge is 2.42. The molecule has 3 heterocycles. The molecule has 3 fully saturated rings. The number of rotatable bonds is 5. The lowest BCUT2D eigenvalue weighted by atomic mass is 9.76. The smallest absolute Gasteiger partial charge is 0.240 e. The second kappa shape index (κ2) is 6.32. The van der Waals surface area contributed by atoms with E-state index in [2.05, 4.69) is 17.4 Å². The highest BCUT2D eigenvalue weighted by Crippen LogP contribution is 2.27. The Labute approximate surface area is 137 Å². The van der Waals surface area contributed by atoms with Crippen molar-refractivity contribution < 1.29 is 13.3 Å². The molecule has 4 rings (SSSR count). The number of nitrogens with one attached hydrogen (secondary N) is 2. The van der Waals surface area contributed by atoms with Crippen LogP contribution in [0.25, 0.3) is 0 Å². The monoisotopic (exact) mass is 341 g/mol. The first-order valence-electron chi connectivity index (χ1n) is 7.72. The van der Waals surface area contributed by atoms with E-state index < -0.39 is 10.0 Å². The van der Waals surface area contributed by atoms with E-state index in [4.69, 9.17) is 11.6 Å². The van der Waals surface area contributed by atoms with Gasteiger partial charge in [0.05, 0.1) is 24.5 Å². The highest BCUT2D eigenvalue weighted by atomic mass is 35.5. The minimum absolute atomic E-state index is 0.270. The van der Waals surface area contributed by atoms with Crippen LogP contribution in [0.1, 0.15) is 12.8 Å². The zero-order valence-electron chi connectivity index (χ0n) is 12.5. The van der Waals surface area contributed by atoms with Crippen LogP contribution in [0.5, 0.6) is 0 Å². The largest absolute Gasteiger partial charge is 0.331 e. The molecule has 3 aliphatic rings. The van der Waals surface area contributed by atoms with Crippen LogP contribution < -0.4 is 9.62 Å². The third-order valence-electron chi connectivity index (χ3n) is 5.05. The van der Waals surface area contributed by atoms with Crippen molar-refractivity contribution in [2.75, 3.05) is 19.6 Å². The molecule has 22 heavy (non-hydrogen) atoms. The Morgan fingerprint density at radius 2 is 2.09 bits per heavy atom. The minimum Gasteiger partial charge on any atom is -0.331 e. The zero-order valence-corrected chi connectivity index (χ0v) is 14.0. The molecular formula is C16H22ClN2O2S+. The summed E-state index contributed by atoms with van der Waals surface area (Å²) in [6.45, 7) is 6.65. The van der Waals surface area contributed by atoms with Gasteiger partial charge in [-0.3, -0.25) is 0 Å². The van der Waals surface area contributed by atoms with E-state index in [-0.39, 0.29) is 4.90 Å². The Morgan fingerprint density at radius 3 is 2.68 bits per heavy atom. The Balaban J connectivity index is 1.63. The summed E-state index contributed by atoms with van der Waals surface area (Å²) in [6.07, 6.45) is 4.37. The van der Waals surface area contributed by atoms with Gasteiger partial charge >= 0.3 is 0 Å². The summed E-state index contributed by atoms with van der Waals surface area (Å²) >= 11 is 5.80. The molecular weight excluding hydrogens is 320 g/mol. The predicted octanol–water partition coefficient (Wildman–Crippen LogP) is 1.10. The van der Waals surface area contributed by atoms with Crippen molar-refractivity contribution in [1.29, 1.82) is 0 Å². The first kappa shape index (κ1) is 16.0. The molecule has 1 aromatic carbocycles. The van der Waals surface area contributed by atoms with E-state index in [0.29, 0.717) is 29.4 Å². The van der Waals surface area contributed by atoms with Crippen molar-refractivity contribution in [3.63, 3.8) is 0 Å². The molecule has 1 unspecified atom stereocenters. The number of halogens is 1. The topological polar surface area (TPSA) is 50.6 Å². The molecule has 2 bridgehead atoms. The van der Waals surface area contributed by atoms with Gasteiger partial charge in [0.25, 0.3) is 0 Å². The SMILES string of the molecule is C=C[C@H]1C[NH+]2CC[C@H]1C[C@@H]2CNS(=O)(=O)c1ccc(Cl)cc1. The molecule has 1 aromatic rings. The number of sulfonamides is 1. The van der Waals surface area contributed by atoms with Crippen LogP contribution in [0.3, 0.4) is 0 Å². The fourth-order valence-electron chi connectivity index (χ4n) is 3.76. The number of hydrogen-bond acceptors (Lipinski definition) is 2. The Kier molecular flexibility index (Phi) is 4.59. The van der Waals surface area contributed by atoms with Crippen LogP contribution in [-0.2, 0) is 10.0 Å². The lowest BCUT2D eigenvalue weighted by Crippen LogP contribution is -3.20. The van der Waals surface area contributed by atoms with Crippen molar-refractivity contribution in [2.24, 2.45) is 11.8 Å². The van der Waals surface area contributed by atoms with Gasteiger partial charge in [-0.1, -0.05) is 17.7 Å². The van der Waals surface area contributed by atoms with E-state index >= 15 is 0 Å². The van der Waals surface area contributed by atoms with Crippen LogP contribution in [0, 0.1) is 11.8 Å². The van der Waals surface area contributed by atoms with Crippen LogP contribution in [0.4, 0.5) is 0 Å². The summed E-state index contributed by atoms with van der Waals surface area (Å²) in [5.41, 5.74) is 0. The third-order valence-corrected chi connectivity index (χ3v) is 6.74. The number of benzene rings is 1. The number of fused-ring (bicyclic) bond motifs is 3. The number of piperidine rings is 3. The standard InChI is InChI=1S/C16H21ClN2O2S/c1-2-12-11-19-8-7-13(12)9-15(19)10-18-22(20,21)16-5-3-14(17)4-6-16/h2-6,12-13,15,18H,1,7-11H2/p+1/t12-,13-,15+/m0/s1. The predicted molar refractivity (Wildman–Crippen MR) is 87.5 cm³/mol. The van der Waals surface area contributed by atoms with E-state index in [1.54, 1.807) is 24.3 Å². The second-order valence-corrected chi connectivity index (χ2v) is 8.50. The van der Waals surface area contributed by atoms with Crippen molar-refractivity contribution in [3.05, 3.63) is 41.9 Å². The van der Waals surface area contributed by atoms with Gasteiger partial charge in [0.2, 0.25) is 10.0 Å². The van der Waals surface area contributed by atoms with Gasteiger partial charge in [-0.25, -0.2) is 13.1 Å². The molecule has 6 heteroatoms. The third kappa shape index (κ3) is 3.23. The van der Waals surface area contributed by atoms with E-state index in [1.807, 2.05) is 0 Å². The van der Waals surface area contributed by atoms with Crippen LogP contribution >= 0.6 is 11.6 Å². The van der Waals surface area contributed by atoms with Gasteiger partial charge in [0.1, 0.15) is 6.04 Å². The van der Waals surface area contributed by atoms with Crippen LogP contribution in [0.2, 0.25) is 5.02 Å². The molecule has 0 spiro atoms. The average molecular weight is 342 g/mol. The lowest BCUT2D eigenvalue weighted by molar-refractivity contribution is -0.944. The molecule has 4 nitrogen and oxygen atoms in total. The Bertz CT molecular complexity index is 645. The van der Waals surface area contributed by atoms with E-state index in [9.17, 15) is 8.42 Å². The summed E-state index contributed by atoms with van der Waals surface area (Å²) in [7, 11) is -3.45. The van der Waals surface area contributed by atoms with Gasteiger partial charge in [0.15, 0.2) is 0 Å². The quantitative estimate of drug-likeness (QED) is 0.788. The lowest BCUT2D eigenvalue weighted by Gasteiger charge is -2.46. The minimum atomic E-state index is -3.45. The van der Waals surface area contributed by atoms with Gasteiger partial charge in [-0.15, -0.1) is 6.58 Å². The average Bonchev–Trinajstić information content (AvgIpc) is 2.54. The molecule has 0 saturated carbocycles. The molecule has 0 aliphatic carbocycles. The van der Waals surface area contributed by atoms with Gasteiger partial charge < -0.3 is 4.90 Å². The summed E-state index contributed by atoms with van der Waals surface area (Å²) in [4.78, 5) is 1.78. The fraction of sp³-hybridized carbons (Fsp3) is 0.500. The van der Waals surface area contributed by atoms with Crippen LogP contribution in [-0.4, -0.2) is 34.1 Å². The first-order chi connectivity index (χ1) is 10.5. The maximum absolute atomic E-state index is 12.3. The second-order valence-electron chi connectivity index (χ2n) is 6.30. The molecule has 3 saturated heterocycles. The van der Waals surface area contributed by atoms with Gasteiger partial charge in [-0.2, -0.15) is 0 Å². The number of hydrogen-bond donors (Lipinski definition) is 2. The van der Waals surface area contributed by atoms with Crippen molar-refractivity contribution in [1.82, 2.24) is 4.72 Å². The molecule has 0 aromatic heterocycles. The Hall–Kier alpha value is -0.880. The van der Waals surface area contributed by atoms with Crippen LogP contribution in [0.15, 0.2) is 41.8 Å².